The van der Waals surface area contributed by atoms with Crippen molar-refractivity contribution in [2.45, 2.75) is 0 Å². The minimum absolute atomic E-state index is 0.0120. The molecule has 0 aliphatic heterocycles. The molecule has 298 valence electrons. The van der Waals surface area contributed by atoms with Gasteiger partial charge in [0.2, 0.25) is 0 Å². The van der Waals surface area contributed by atoms with E-state index in [-0.39, 0.29) is 23.5 Å². The molecule has 5 heteroatoms. The second-order valence-electron chi connectivity index (χ2n) is 16.0. The lowest BCUT2D eigenvalue weighted by atomic mass is 9.97. The van der Waals surface area contributed by atoms with Gasteiger partial charge in [-0.15, -0.1) is 11.3 Å². The lowest BCUT2D eigenvalue weighted by Crippen LogP contribution is -2.02. The molecule has 0 atom stereocenters. The number of aromatic nitrogens is 4. The molecule has 13 rings (SSSR count). The van der Waals surface area contributed by atoms with Crippen molar-refractivity contribution >= 4 is 74.9 Å². The molecule has 0 amide bonds. The minimum Gasteiger partial charge on any atom is -0.309 e. The first kappa shape index (κ1) is 31.6. The average Bonchev–Trinajstić information content (AvgIpc) is 3.95. The zero-order valence-corrected chi connectivity index (χ0v) is 34.9. The summed E-state index contributed by atoms with van der Waals surface area (Å²) in [5.74, 6) is 0.624. The topological polar surface area (TPSA) is 43.6 Å². The second-order valence-corrected chi connectivity index (χ2v) is 17.0. The molecule has 3 aromatic heterocycles. The zero-order chi connectivity index (χ0) is 46.5. The fraction of sp³-hybridized carbons (Fsp3) is 0. The van der Waals surface area contributed by atoms with Gasteiger partial charge in [0.1, 0.15) is 0 Å². The first-order chi connectivity index (χ1) is 33.8. The van der Waals surface area contributed by atoms with Crippen LogP contribution < -0.4 is 0 Å². The third-order valence-electron chi connectivity index (χ3n) is 12.3. The molecule has 13 aromatic rings. The Kier molecular flexibility index (Phi) is 7.25. The number of hydrogen-bond donors (Lipinski definition) is 0. The van der Waals surface area contributed by atoms with E-state index in [0.717, 1.165) is 97.0 Å². The van der Waals surface area contributed by atoms with Crippen LogP contribution in [0.4, 0.5) is 0 Å². The molecule has 0 aliphatic carbocycles. The molecule has 0 saturated carbocycles. The molecular formula is C59H36N4S. The van der Waals surface area contributed by atoms with Crippen LogP contribution in [-0.4, -0.2) is 19.5 Å². The number of fused-ring (bicyclic) bond motifs is 9. The third kappa shape index (κ3) is 5.93. The van der Waals surface area contributed by atoms with E-state index in [1.165, 1.54) is 5.56 Å². The van der Waals surface area contributed by atoms with Crippen molar-refractivity contribution in [1.29, 1.82) is 0 Å². The van der Waals surface area contributed by atoms with Gasteiger partial charge in [-0.3, -0.25) is 0 Å². The Morgan fingerprint density at radius 2 is 0.938 bits per heavy atom. The Labute approximate surface area is 380 Å². The molecule has 3 heterocycles. The number of thiophene rings is 1. The number of nitrogens with zero attached hydrogens (tertiary/aromatic N) is 4. The van der Waals surface area contributed by atoms with Crippen LogP contribution in [0, 0.1) is 0 Å². The van der Waals surface area contributed by atoms with Gasteiger partial charge < -0.3 is 4.57 Å². The van der Waals surface area contributed by atoms with Crippen molar-refractivity contribution in [2.24, 2.45) is 0 Å². The Balaban J connectivity index is 1.11. The summed E-state index contributed by atoms with van der Waals surface area (Å²) >= 11 is 1.66. The second kappa shape index (κ2) is 14.7. The standard InChI is InChI=1S/C59H36N4S/c1-3-15-37(16-4-1)38-27-29-39(30-28-38)41-31-32-49-50-35-43(63-53-25-13-11-23-47(53)48-24-12-14-26-54(48)63)36-52(56(50)64-55(49)34-41)59-61-57(40-17-5-2-6-18-40)60-58(62-59)51-33-42-19-7-8-20-44(42)45-21-9-10-22-46(45)51/h1-36H/i2D,5D,6D,17D,18D. The van der Waals surface area contributed by atoms with E-state index in [2.05, 4.69) is 156 Å². The van der Waals surface area contributed by atoms with Gasteiger partial charge in [0.15, 0.2) is 17.5 Å². The van der Waals surface area contributed by atoms with Crippen LogP contribution >= 0.6 is 11.3 Å². The van der Waals surface area contributed by atoms with Crippen LogP contribution in [-0.2, 0) is 0 Å². The van der Waals surface area contributed by atoms with E-state index in [9.17, 15) is 0 Å². The number of para-hydroxylation sites is 2. The predicted octanol–water partition coefficient (Wildman–Crippen LogP) is 16.0. The van der Waals surface area contributed by atoms with Gasteiger partial charge in [0, 0.05) is 53.3 Å². The molecule has 0 unspecified atom stereocenters. The van der Waals surface area contributed by atoms with Crippen LogP contribution in [0.1, 0.15) is 6.85 Å². The largest absolute Gasteiger partial charge is 0.309 e. The minimum atomic E-state index is -0.485. The highest BCUT2D eigenvalue weighted by atomic mass is 32.1. The number of rotatable bonds is 6. The first-order valence-electron chi connectivity index (χ1n) is 23.7. The number of hydrogen-bond acceptors (Lipinski definition) is 4. The quantitative estimate of drug-likeness (QED) is 0.157. The molecule has 4 nitrogen and oxygen atoms in total. The lowest BCUT2D eigenvalue weighted by molar-refractivity contribution is 1.08. The Morgan fingerprint density at radius 1 is 0.375 bits per heavy atom. The summed E-state index contributed by atoms with van der Waals surface area (Å²) in [6.45, 7) is 0. The van der Waals surface area contributed by atoms with Crippen molar-refractivity contribution in [1.82, 2.24) is 19.5 Å². The van der Waals surface area contributed by atoms with E-state index in [1.807, 2.05) is 36.4 Å². The maximum atomic E-state index is 9.12. The summed E-state index contributed by atoms with van der Waals surface area (Å²) < 4.78 is 48.3. The maximum Gasteiger partial charge on any atom is 0.165 e. The normalized spacial score (nSPS) is 12.8. The maximum absolute atomic E-state index is 9.12. The average molecular weight is 838 g/mol. The fourth-order valence-corrected chi connectivity index (χ4v) is 10.6. The highest BCUT2D eigenvalue weighted by Crippen LogP contribution is 2.45. The van der Waals surface area contributed by atoms with E-state index in [1.54, 1.807) is 11.3 Å². The van der Waals surface area contributed by atoms with Crippen LogP contribution in [0.3, 0.4) is 0 Å². The monoisotopic (exact) mass is 837 g/mol. The molecule has 0 spiro atoms. The number of benzene rings is 10. The van der Waals surface area contributed by atoms with Gasteiger partial charge in [-0.1, -0.05) is 182 Å². The van der Waals surface area contributed by atoms with Gasteiger partial charge in [-0.05, 0) is 80.2 Å². The summed E-state index contributed by atoms with van der Waals surface area (Å²) in [5.41, 5.74) is 8.87. The Hall–Kier alpha value is -8.25. The molecule has 0 fully saturated rings. The molecule has 0 N–H and O–H groups in total. The molecule has 10 aromatic carbocycles. The van der Waals surface area contributed by atoms with Crippen molar-refractivity contribution in [3.05, 3.63) is 218 Å². The molecule has 64 heavy (non-hydrogen) atoms. The van der Waals surface area contributed by atoms with E-state index in [0.29, 0.717) is 11.6 Å². The predicted molar refractivity (Wildman–Crippen MR) is 269 cm³/mol. The molecule has 0 saturated heterocycles. The van der Waals surface area contributed by atoms with E-state index < -0.39 is 18.1 Å². The van der Waals surface area contributed by atoms with Gasteiger partial charge in [-0.2, -0.15) is 0 Å². The van der Waals surface area contributed by atoms with Crippen molar-refractivity contribution in [2.75, 3.05) is 0 Å². The smallest absolute Gasteiger partial charge is 0.165 e. The van der Waals surface area contributed by atoms with Crippen LogP contribution in [0.25, 0.3) is 126 Å². The zero-order valence-electron chi connectivity index (χ0n) is 39.1. The van der Waals surface area contributed by atoms with Crippen LogP contribution in [0.5, 0.6) is 0 Å². The highest BCUT2D eigenvalue weighted by molar-refractivity contribution is 7.26. The third-order valence-corrected chi connectivity index (χ3v) is 13.5. The molecule has 0 bridgehead atoms. The van der Waals surface area contributed by atoms with E-state index in [4.69, 9.17) is 21.8 Å². The van der Waals surface area contributed by atoms with Gasteiger partial charge in [0.05, 0.1) is 17.9 Å². The summed E-state index contributed by atoms with van der Waals surface area (Å²) in [6.07, 6.45) is 0. The highest BCUT2D eigenvalue weighted by Gasteiger charge is 2.22. The summed E-state index contributed by atoms with van der Waals surface area (Å²) in [5, 5.41) is 8.34. The van der Waals surface area contributed by atoms with Crippen molar-refractivity contribution in [3.63, 3.8) is 0 Å². The van der Waals surface area contributed by atoms with Crippen molar-refractivity contribution < 1.29 is 6.85 Å². The van der Waals surface area contributed by atoms with Gasteiger partial charge in [0.25, 0.3) is 0 Å². The van der Waals surface area contributed by atoms with Crippen molar-refractivity contribution in [3.8, 4) is 62.1 Å². The lowest BCUT2D eigenvalue weighted by Gasteiger charge is -2.14. The fourth-order valence-electron chi connectivity index (χ4n) is 9.35. The summed E-state index contributed by atoms with van der Waals surface area (Å²) in [4.78, 5) is 15.6. The summed E-state index contributed by atoms with van der Waals surface area (Å²) in [6, 6.07) is 63.1. The van der Waals surface area contributed by atoms with E-state index >= 15 is 0 Å². The first-order valence-corrected chi connectivity index (χ1v) is 22.0. The summed E-state index contributed by atoms with van der Waals surface area (Å²) in [7, 11) is 0. The Bertz CT molecular complexity index is 4180. The Morgan fingerprint density at radius 3 is 1.67 bits per heavy atom. The molecular weight excluding hydrogens is 797 g/mol. The molecule has 0 aliphatic rings. The molecule has 0 radical (unpaired) electrons. The SMILES string of the molecule is [2H]c1c([2H])c([2H])c(-c2nc(-c3cc4ccccc4c4ccccc34)nc(-c3cc(-n4c5ccccc5c5ccccc54)cc4c3sc3cc(-c5ccc(-c6ccccc6)cc5)ccc34)n2)c([2H])c1[2H]. The van der Waals surface area contributed by atoms with Gasteiger partial charge in [-0.25, -0.2) is 15.0 Å². The van der Waals surface area contributed by atoms with Crippen LogP contribution in [0.15, 0.2) is 218 Å². The van der Waals surface area contributed by atoms with Crippen LogP contribution in [0.2, 0.25) is 0 Å². The van der Waals surface area contributed by atoms with Gasteiger partial charge >= 0.3 is 0 Å².